The van der Waals surface area contributed by atoms with Crippen LogP contribution in [0.25, 0.3) is 11.3 Å². The van der Waals surface area contributed by atoms with Crippen LogP contribution in [0.2, 0.25) is 0 Å². The number of amides is 1. The smallest absolute Gasteiger partial charge is 0.307 e. The monoisotopic (exact) mass is 342 g/mol. The molecular weight excluding hydrogens is 324 g/mol. The molecule has 1 heterocycles. The van der Waals surface area contributed by atoms with Gasteiger partial charge in [0, 0.05) is 10.9 Å². The van der Waals surface area contributed by atoms with Gasteiger partial charge in [-0.2, -0.15) is 0 Å². The highest BCUT2D eigenvalue weighted by Gasteiger charge is 2.34. The average Bonchev–Trinajstić information content (AvgIpc) is 3.04. The number of aliphatic carboxylic acids is 1. The highest BCUT2D eigenvalue weighted by Crippen LogP contribution is 2.29. The summed E-state index contributed by atoms with van der Waals surface area (Å²) in [7, 11) is 0. The molecule has 2 aromatic rings. The molecule has 24 heavy (non-hydrogen) atoms. The number of allylic oxidation sites excluding steroid dienone is 2. The SMILES string of the molecule is Cc1ccc(-c2csc(NC(=O)C3CC=CCC3C(=O)O)n2)cc1. The van der Waals surface area contributed by atoms with Crippen LogP contribution in [0.4, 0.5) is 5.13 Å². The molecule has 0 aliphatic heterocycles. The van der Waals surface area contributed by atoms with E-state index in [1.807, 2.05) is 48.7 Å². The van der Waals surface area contributed by atoms with Gasteiger partial charge in [0.1, 0.15) is 0 Å². The summed E-state index contributed by atoms with van der Waals surface area (Å²) in [4.78, 5) is 28.2. The average molecular weight is 342 g/mol. The van der Waals surface area contributed by atoms with Crippen LogP contribution < -0.4 is 5.32 Å². The highest BCUT2D eigenvalue weighted by molar-refractivity contribution is 7.14. The van der Waals surface area contributed by atoms with Gasteiger partial charge in [0.05, 0.1) is 17.5 Å². The summed E-state index contributed by atoms with van der Waals surface area (Å²) in [6.07, 6.45) is 4.52. The maximum atomic E-state index is 12.4. The number of carboxylic acids is 1. The summed E-state index contributed by atoms with van der Waals surface area (Å²) < 4.78 is 0. The number of hydrogen-bond donors (Lipinski definition) is 2. The fourth-order valence-electron chi connectivity index (χ4n) is 2.76. The highest BCUT2D eigenvalue weighted by atomic mass is 32.1. The first-order valence-electron chi connectivity index (χ1n) is 7.76. The summed E-state index contributed by atoms with van der Waals surface area (Å²) in [5, 5.41) is 14.4. The van der Waals surface area contributed by atoms with Gasteiger partial charge >= 0.3 is 5.97 Å². The van der Waals surface area contributed by atoms with Crippen LogP contribution in [0, 0.1) is 18.8 Å². The van der Waals surface area contributed by atoms with E-state index in [0.717, 1.165) is 11.3 Å². The summed E-state index contributed by atoms with van der Waals surface area (Å²) >= 11 is 1.34. The summed E-state index contributed by atoms with van der Waals surface area (Å²) in [5.41, 5.74) is 2.96. The minimum atomic E-state index is -0.931. The third-order valence-electron chi connectivity index (χ3n) is 4.17. The van der Waals surface area contributed by atoms with Crippen molar-refractivity contribution < 1.29 is 14.7 Å². The van der Waals surface area contributed by atoms with E-state index in [0.29, 0.717) is 18.0 Å². The van der Waals surface area contributed by atoms with Gasteiger partial charge < -0.3 is 10.4 Å². The van der Waals surface area contributed by atoms with E-state index in [4.69, 9.17) is 0 Å². The van der Waals surface area contributed by atoms with Crippen molar-refractivity contribution in [1.82, 2.24) is 4.98 Å². The predicted octanol–water partition coefficient (Wildman–Crippen LogP) is 3.72. The first kappa shape index (κ1) is 16.4. The Morgan fingerprint density at radius 3 is 2.50 bits per heavy atom. The zero-order valence-electron chi connectivity index (χ0n) is 13.2. The number of carbonyl (C=O) groups excluding carboxylic acids is 1. The van der Waals surface area contributed by atoms with Crippen molar-refractivity contribution in [3.63, 3.8) is 0 Å². The molecule has 0 bridgehead atoms. The van der Waals surface area contributed by atoms with E-state index in [1.54, 1.807) is 0 Å². The van der Waals surface area contributed by atoms with Gasteiger partial charge in [-0.1, -0.05) is 42.0 Å². The van der Waals surface area contributed by atoms with Crippen LogP contribution in [0.1, 0.15) is 18.4 Å². The number of carboxylic acid groups (broad SMARTS) is 1. The van der Waals surface area contributed by atoms with Gasteiger partial charge in [-0.05, 0) is 19.8 Å². The van der Waals surface area contributed by atoms with Gasteiger partial charge in [0.15, 0.2) is 5.13 Å². The second-order valence-electron chi connectivity index (χ2n) is 5.89. The quantitative estimate of drug-likeness (QED) is 0.830. The largest absolute Gasteiger partial charge is 0.481 e. The molecule has 1 amide bonds. The lowest BCUT2D eigenvalue weighted by molar-refractivity contribution is -0.146. The fourth-order valence-corrected chi connectivity index (χ4v) is 3.49. The zero-order valence-corrected chi connectivity index (χ0v) is 14.0. The molecule has 6 heteroatoms. The molecule has 0 fully saturated rings. The summed E-state index contributed by atoms with van der Waals surface area (Å²) in [6, 6.07) is 8.00. The molecule has 5 nitrogen and oxygen atoms in total. The van der Waals surface area contributed by atoms with Crippen LogP contribution in [-0.2, 0) is 9.59 Å². The molecule has 1 aromatic heterocycles. The molecule has 124 valence electrons. The lowest BCUT2D eigenvalue weighted by Gasteiger charge is -2.23. The van der Waals surface area contributed by atoms with E-state index in [-0.39, 0.29) is 5.91 Å². The Kier molecular flexibility index (Phi) is 4.76. The Morgan fingerprint density at radius 1 is 1.17 bits per heavy atom. The van der Waals surface area contributed by atoms with Crippen molar-refractivity contribution in [2.45, 2.75) is 19.8 Å². The molecule has 0 saturated carbocycles. The van der Waals surface area contributed by atoms with Gasteiger partial charge in [-0.3, -0.25) is 9.59 Å². The van der Waals surface area contributed by atoms with E-state index in [1.165, 1.54) is 16.9 Å². The summed E-state index contributed by atoms with van der Waals surface area (Å²) in [6.45, 7) is 2.02. The molecule has 2 unspecified atom stereocenters. The van der Waals surface area contributed by atoms with Crippen molar-refractivity contribution in [3.8, 4) is 11.3 Å². The minimum absolute atomic E-state index is 0.281. The Hall–Kier alpha value is -2.47. The third kappa shape index (κ3) is 3.54. The lowest BCUT2D eigenvalue weighted by atomic mass is 9.82. The number of hydrogen-bond acceptors (Lipinski definition) is 4. The number of aryl methyl sites for hydroxylation is 1. The Labute approximate surface area is 144 Å². The molecule has 2 atom stereocenters. The molecule has 0 saturated heterocycles. The number of nitrogens with zero attached hydrogens (tertiary/aromatic N) is 1. The summed E-state index contributed by atoms with van der Waals surface area (Å²) in [5.74, 6) is -2.44. The van der Waals surface area contributed by atoms with Crippen molar-refractivity contribution in [3.05, 3.63) is 47.4 Å². The lowest BCUT2D eigenvalue weighted by Crippen LogP contribution is -2.34. The third-order valence-corrected chi connectivity index (χ3v) is 4.93. The van der Waals surface area contributed by atoms with Crippen molar-refractivity contribution in [2.75, 3.05) is 5.32 Å². The van der Waals surface area contributed by atoms with Gasteiger partial charge in [0.25, 0.3) is 0 Å². The Balaban J connectivity index is 1.72. The Morgan fingerprint density at radius 2 is 1.83 bits per heavy atom. The van der Waals surface area contributed by atoms with Gasteiger partial charge in [-0.15, -0.1) is 11.3 Å². The number of carbonyl (C=O) groups is 2. The van der Waals surface area contributed by atoms with Crippen LogP contribution in [0.3, 0.4) is 0 Å². The topological polar surface area (TPSA) is 79.3 Å². The Bertz CT molecular complexity index is 780. The van der Waals surface area contributed by atoms with Crippen LogP contribution in [-0.4, -0.2) is 22.0 Å². The van der Waals surface area contributed by atoms with Crippen LogP contribution in [0.5, 0.6) is 0 Å². The molecule has 0 radical (unpaired) electrons. The van der Waals surface area contributed by atoms with E-state index in [2.05, 4.69) is 10.3 Å². The number of anilines is 1. The van der Waals surface area contributed by atoms with E-state index >= 15 is 0 Å². The predicted molar refractivity (Wildman–Crippen MR) is 93.9 cm³/mol. The molecular formula is C18H18N2O3S. The molecule has 0 spiro atoms. The van der Waals surface area contributed by atoms with Gasteiger partial charge in [0.2, 0.25) is 5.91 Å². The van der Waals surface area contributed by atoms with Gasteiger partial charge in [-0.25, -0.2) is 4.98 Å². The van der Waals surface area contributed by atoms with Crippen molar-refractivity contribution in [1.29, 1.82) is 0 Å². The fraction of sp³-hybridized carbons (Fsp3) is 0.278. The maximum Gasteiger partial charge on any atom is 0.307 e. The van der Waals surface area contributed by atoms with Crippen molar-refractivity contribution >= 4 is 28.3 Å². The molecule has 1 aliphatic rings. The number of benzene rings is 1. The standard InChI is InChI=1S/C18H18N2O3S/c1-11-6-8-12(9-7-11)15-10-24-18(19-15)20-16(21)13-4-2-3-5-14(13)17(22)23/h2-3,6-10,13-14H,4-5H2,1H3,(H,22,23)(H,19,20,21). The van der Waals surface area contributed by atoms with E-state index < -0.39 is 17.8 Å². The second-order valence-corrected chi connectivity index (χ2v) is 6.75. The van der Waals surface area contributed by atoms with Crippen LogP contribution >= 0.6 is 11.3 Å². The minimum Gasteiger partial charge on any atom is -0.481 e. The number of rotatable bonds is 4. The van der Waals surface area contributed by atoms with Crippen molar-refractivity contribution in [2.24, 2.45) is 11.8 Å². The molecule has 1 aromatic carbocycles. The maximum absolute atomic E-state index is 12.4. The van der Waals surface area contributed by atoms with Crippen LogP contribution in [0.15, 0.2) is 41.8 Å². The second kappa shape index (κ2) is 6.97. The number of nitrogens with one attached hydrogen (secondary N) is 1. The molecule has 2 N–H and O–H groups in total. The molecule has 1 aliphatic carbocycles. The zero-order chi connectivity index (χ0) is 17.1. The normalized spacial score (nSPS) is 19.9. The number of aromatic nitrogens is 1. The first-order valence-corrected chi connectivity index (χ1v) is 8.64. The van der Waals surface area contributed by atoms with E-state index in [9.17, 15) is 14.7 Å². The number of thiazole rings is 1. The first-order chi connectivity index (χ1) is 11.5. The molecule has 3 rings (SSSR count).